The summed E-state index contributed by atoms with van der Waals surface area (Å²) in [6.45, 7) is 9.35. The van der Waals surface area contributed by atoms with Crippen LogP contribution in [0.2, 0.25) is 5.28 Å². The number of aromatic nitrogens is 4. The summed E-state index contributed by atoms with van der Waals surface area (Å²) in [7, 11) is 0. The van der Waals surface area contributed by atoms with Gasteiger partial charge in [0.15, 0.2) is 0 Å². The van der Waals surface area contributed by atoms with E-state index in [9.17, 15) is 14.4 Å². The molecule has 3 amide bonds. The molecule has 7 rings (SSSR count). The second-order valence-electron chi connectivity index (χ2n) is 12.7. The van der Waals surface area contributed by atoms with Crippen molar-refractivity contribution in [2.75, 3.05) is 31.5 Å². The monoisotopic (exact) mass is 650 g/mol. The Labute approximate surface area is 267 Å². The number of amides is 3. The van der Waals surface area contributed by atoms with Crippen molar-refractivity contribution in [1.29, 1.82) is 0 Å². The third-order valence-corrected chi connectivity index (χ3v) is 9.44. The predicted octanol–water partition coefficient (Wildman–Crippen LogP) is 4.59. The highest BCUT2D eigenvalue weighted by Gasteiger charge is 2.56. The molecule has 0 unspecified atom stereocenters. The molecule has 3 aromatic heterocycles. The topological polar surface area (TPSA) is 152 Å². The molecule has 1 aromatic carbocycles. The van der Waals surface area contributed by atoms with Gasteiger partial charge in [0.25, 0.3) is 5.91 Å². The van der Waals surface area contributed by atoms with Crippen LogP contribution in [0.25, 0.3) is 21.1 Å². The standard InChI is InChI=1S/C30H31ClN8O5S/c1-15-9-32-22-20-18(45-23(22)24(40)35-15)6-5-17-21(20)33-11-19(36-17)43-25-16(10-34-27(31)37-25)12-38-8-7-30(26(38)41)13-39(14-30)28(42)44-29(2,3)4/h5-6,10-11,15,32H,7-9,12-14H2,1-4H3,(H,35,40)/t15-/m1/s1. The first-order valence-electron chi connectivity index (χ1n) is 14.6. The Morgan fingerprint density at radius 3 is 2.76 bits per heavy atom. The molecule has 0 saturated carbocycles. The van der Waals surface area contributed by atoms with Gasteiger partial charge in [-0.1, -0.05) is 0 Å². The quantitative estimate of drug-likeness (QED) is 0.300. The van der Waals surface area contributed by atoms with Gasteiger partial charge in [-0.05, 0) is 57.8 Å². The van der Waals surface area contributed by atoms with Crippen molar-refractivity contribution in [3.05, 3.63) is 40.3 Å². The number of halogens is 1. The number of ether oxygens (including phenoxy) is 2. The third-order valence-electron chi connectivity index (χ3n) is 8.11. The number of carbonyl (C=O) groups is 3. The minimum atomic E-state index is -0.617. The van der Waals surface area contributed by atoms with Crippen LogP contribution in [0.3, 0.4) is 0 Å². The van der Waals surface area contributed by atoms with Crippen molar-refractivity contribution in [3.8, 4) is 11.8 Å². The fraction of sp³-hybridized carbons (Fsp3) is 0.433. The summed E-state index contributed by atoms with van der Waals surface area (Å²) < 4.78 is 12.5. The molecule has 4 aromatic rings. The third kappa shape index (κ3) is 5.35. The van der Waals surface area contributed by atoms with Crippen molar-refractivity contribution in [2.45, 2.75) is 52.3 Å². The van der Waals surface area contributed by atoms with E-state index < -0.39 is 17.1 Å². The maximum Gasteiger partial charge on any atom is 0.410 e. The highest BCUT2D eigenvalue weighted by Crippen LogP contribution is 2.43. The number of carbonyl (C=O) groups excluding carboxylic acids is 3. The first-order valence-corrected chi connectivity index (χ1v) is 15.8. The van der Waals surface area contributed by atoms with Crippen molar-refractivity contribution in [3.63, 3.8) is 0 Å². The van der Waals surface area contributed by atoms with Crippen LogP contribution in [0.1, 0.15) is 49.4 Å². The van der Waals surface area contributed by atoms with Gasteiger partial charge >= 0.3 is 6.09 Å². The first kappa shape index (κ1) is 29.4. The van der Waals surface area contributed by atoms with Crippen LogP contribution in [-0.4, -0.2) is 85.5 Å². The second kappa shape index (κ2) is 10.7. The molecular weight excluding hydrogens is 620 g/mol. The van der Waals surface area contributed by atoms with Gasteiger partial charge in [0, 0.05) is 48.5 Å². The molecule has 6 heterocycles. The summed E-state index contributed by atoms with van der Waals surface area (Å²) in [5.41, 5.74) is 1.31. The van der Waals surface area contributed by atoms with E-state index in [1.54, 1.807) is 9.80 Å². The van der Waals surface area contributed by atoms with Gasteiger partial charge in [0.2, 0.25) is 23.0 Å². The average Bonchev–Trinajstić information content (AvgIpc) is 3.45. The van der Waals surface area contributed by atoms with Gasteiger partial charge in [0.05, 0.1) is 40.4 Å². The average molecular weight is 651 g/mol. The van der Waals surface area contributed by atoms with Gasteiger partial charge in [-0.3, -0.25) is 9.59 Å². The number of thiophene rings is 1. The summed E-state index contributed by atoms with van der Waals surface area (Å²) in [6.07, 6.45) is 3.25. The molecular formula is C30H31ClN8O5S. The molecule has 13 nitrogen and oxygen atoms in total. The van der Waals surface area contributed by atoms with Gasteiger partial charge in [0.1, 0.15) is 10.5 Å². The summed E-state index contributed by atoms with van der Waals surface area (Å²) in [5, 5.41) is 7.21. The Hall–Kier alpha value is -4.30. The summed E-state index contributed by atoms with van der Waals surface area (Å²) in [5.74, 6) is 0.205. The number of hydrogen-bond donors (Lipinski definition) is 2. The maximum absolute atomic E-state index is 13.5. The zero-order valence-corrected chi connectivity index (χ0v) is 26.7. The van der Waals surface area contributed by atoms with Crippen molar-refractivity contribution in [1.82, 2.24) is 35.1 Å². The highest BCUT2D eigenvalue weighted by atomic mass is 35.5. The van der Waals surface area contributed by atoms with Crippen LogP contribution in [0.15, 0.2) is 24.5 Å². The molecule has 2 N–H and O–H groups in total. The van der Waals surface area contributed by atoms with Gasteiger partial charge in [-0.2, -0.15) is 4.98 Å². The molecule has 45 heavy (non-hydrogen) atoms. The van der Waals surface area contributed by atoms with E-state index >= 15 is 0 Å². The minimum Gasteiger partial charge on any atom is -0.444 e. The Morgan fingerprint density at radius 2 is 1.98 bits per heavy atom. The summed E-state index contributed by atoms with van der Waals surface area (Å²) >= 11 is 7.55. The van der Waals surface area contributed by atoms with Crippen LogP contribution < -0.4 is 15.4 Å². The summed E-state index contributed by atoms with van der Waals surface area (Å²) in [4.78, 5) is 60.4. The lowest BCUT2D eigenvalue weighted by molar-refractivity contribution is -0.144. The Balaban J connectivity index is 1.10. The SMILES string of the molecule is C[C@@H]1CNc2c(sc3ccc4nc(Oc5nc(Cl)ncc5CN5CCC6(CN(C(=O)OC(C)(C)C)C6)C5=O)cnc4c23)C(=O)N1. The number of rotatable bonds is 4. The van der Waals surface area contributed by atoms with Crippen LogP contribution in [0.4, 0.5) is 10.5 Å². The normalized spacial score (nSPS) is 19.3. The lowest BCUT2D eigenvalue weighted by atomic mass is 9.78. The Morgan fingerprint density at radius 1 is 1.18 bits per heavy atom. The second-order valence-corrected chi connectivity index (χ2v) is 14.1. The van der Waals surface area contributed by atoms with Crippen LogP contribution in [0.5, 0.6) is 11.8 Å². The zero-order chi connectivity index (χ0) is 31.7. The lowest BCUT2D eigenvalue weighted by Crippen LogP contribution is -2.62. The number of hydrogen-bond acceptors (Lipinski definition) is 11. The van der Waals surface area contributed by atoms with E-state index in [-0.39, 0.29) is 41.4 Å². The molecule has 2 saturated heterocycles. The fourth-order valence-electron chi connectivity index (χ4n) is 5.97. The van der Waals surface area contributed by atoms with Crippen molar-refractivity contribution >= 4 is 67.7 Å². The first-order chi connectivity index (χ1) is 21.4. The van der Waals surface area contributed by atoms with E-state index in [1.807, 2.05) is 39.8 Å². The molecule has 15 heteroatoms. The number of fused-ring (bicyclic) bond motifs is 5. The van der Waals surface area contributed by atoms with Crippen LogP contribution in [0, 0.1) is 5.41 Å². The zero-order valence-electron chi connectivity index (χ0n) is 25.1. The lowest BCUT2D eigenvalue weighted by Gasteiger charge is -2.46. The number of nitrogens with zero attached hydrogens (tertiary/aromatic N) is 6. The molecule has 3 aliphatic heterocycles. The molecule has 0 radical (unpaired) electrons. The maximum atomic E-state index is 13.5. The van der Waals surface area contributed by atoms with Gasteiger partial charge in [-0.25, -0.2) is 19.7 Å². The van der Waals surface area contributed by atoms with E-state index in [2.05, 4.69) is 30.6 Å². The van der Waals surface area contributed by atoms with E-state index in [1.165, 1.54) is 23.7 Å². The number of anilines is 1. The van der Waals surface area contributed by atoms with Crippen LogP contribution >= 0.6 is 22.9 Å². The number of likely N-dealkylation sites (tertiary alicyclic amines) is 2. The van der Waals surface area contributed by atoms with E-state index in [4.69, 9.17) is 21.1 Å². The Kier molecular flexibility index (Phi) is 6.96. The van der Waals surface area contributed by atoms with Crippen LogP contribution in [-0.2, 0) is 16.1 Å². The predicted molar refractivity (Wildman–Crippen MR) is 168 cm³/mol. The van der Waals surface area contributed by atoms with Crippen molar-refractivity contribution in [2.24, 2.45) is 5.41 Å². The van der Waals surface area contributed by atoms with Crippen molar-refractivity contribution < 1.29 is 23.9 Å². The number of benzene rings is 1. The van der Waals surface area contributed by atoms with E-state index in [0.717, 1.165) is 15.8 Å². The van der Waals surface area contributed by atoms with Gasteiger partial charge in [-0.15, -0.1) is 11.3 Å². The molecule has 3 aliphatic rings. The smallest absolute Gasteiger partial charge is 0.410 e. The molecule has 1 atom stereocenters. The molecule has 234 valence electrons. The minimum absolute atomic E-state index is 0.0101. The molecule has 0 aliphatic carbocycles. The van der Waals surface area contributed by atoms with Gasteiger partial charge < -0.3 is 29.9 Å². The highest BCUT2D eigenvalue weighted by molar-refractivity contribution is 7.21. The molecule has 1 spiro atoms. The Bertz CT molecular complexity index is 1890. The molecule has 0 bridgehead atoms. The fourth-order valence-corrected chi connectivity index (χ4v) is 7.18. The summed E-state index contributed by atoms with van der Waals surface area (Å²) in [6, 6.07) is 3.74. The van der Waals surface area contributed by atoms with E-state index in [0.29, 0.717) is 54.1 Å². The largest absolute Gasteiger partial charge is 0.444 e. The molecule has 2 fully saturated rings. The number of nitrogens with one attached hydrogen (secondary N) is 2.